The van der Waals surface area contributed by atoms with E-state index in [1.54, 1.807) is 12.1 Å². The molecule has 1 heterocycles. The molecule has 1 saturated heterocycles. The standard InChI is InChI=1S/C17H25NO3/c1-17(2,3)21-16(20)18-9-5-7-14(12-18)10-13-6-4-8-15(19)11-13/h4,6,8,11,14,19H,5,7,9-10,12H2,1-3H3. The van der Waals surface area contributed by atoms with Gasteiger partial charge >= 0.3 is 6.09 Å². The molecule has 4 nitrogen and oxygen atoms in total. The maximum atomic E-state index is 12.1. The summed E-state index contributed by atoms with van der Waals surface area (Å²) in [4.78, 5) is 13.9. The highest BCUT2D eigenvalue weighted by molar-refractivity contribution is 5.68. The lowest BCUT2D eigenvalue weighted by Crippen LogP contribution is -2.43. The molecule has 1 unspecified atom stereocenters. The van der Waals surface area contributed by atoms with Crippen molar-refractivity contribution in [2.45, 2.75) is 45.6 Å². The first-order chi connectivity index (χ1) is 9.83. The molecule has 21 heavy (non-hydrogen) atoms. The van der Waals surface area contributed by atoms with Crippen molar-refractivity contribution in [3.05, 3.63) is 29.8 Å². The van der Waals surface area contributed by atoms with Gasteiger partial charge in [0, 0.05) is 13.1 Å². The van der Waals surface area contributed by atoms with E-state index in [4.69, 9.17) is 4.74 Å². The number of aromatic hydroxyl groups is 1. The molecule has 1 N–H and O–H groups in total. The van der Waals surface area contributed by atoms with Gasteiger partial charge in [0.25, 0.3) is 0 Å². The molecule has 0 spiro atoms. The monoisotopic (exact) mass is 291 g/mol. The van der Waals surface area contributed by atoms with Crippen LogP contribution in [0.4, 0.5) is 4.79 Å². The van der Waals surface area contributed by atoms with Gasteiger partial charge in [0.2, 0.25) is 0 Å². The molecule has 4 heteroatoms. The molecule has 1 aliphatic heterocycles. The number of piperidine rings is 1. The zero-order valence-corrected chi connectivity index (χ0v) is 13.1. The van der Waals surface area contributed by atoms with Crippen LogP contribution < -0.4 is 0 Å². The fourth-order valence-electron chi connectivity index (χ4n) is 2.74. The Labute approximate surface area is 126 Å². The highest BCUT2D eigenvalue weighted by Crippen LogP contribution is 2.23. The van der Waals surface area contributed by atoms with E-state index in [0.717, 1.165) is 37.9 Å². The predicted octanol–water partition coefficient (Wildman–Crippen LogP) is 3.58. The summed E-state index contributed by atoms with van der Waals surface area (Å²) >= 11 is 0. The molecule has 1 fully saturated rings. The Hall–Kier alpha value is -1.71. The van der Waals surface area contributed by atoms with Gasteiger partial charge in [-0.05, 0) is 63.6 Å². The Bertz CT molecular complexity index is 493. The maximum absolute atomic E-state index is 12.1. The number of nitrogens with zero attached hydrogens (tertiary/aromatic N) is 1. The third-order valence-corrected chi connectivity index (χ3v) is 3.61. The van der Waals surface area contributed by atoms with E-state index in [9.17, 15) is 9.90 Å². The summed E-state index contributed by atoms with van der Waals surface area (Å²) in [6, 6.07) is 7.36. The quantitative estimate of drug-likeness (QED) is 0.906. The molecular formula is C17H25NO3. The summed E-state index contributed by atoms with van der Waals surface area (Å²) in [5.41, 5.74) is 0.668. The fraction of sp³-hybridized carbons (Fsp3) is 0.588. The smallest absolute Gasteiger partial charge is 0.410 e. The lowest BCUT2D eigenvalue weighted by atomic mass is 9.91. The average molecular weight is 291 g/mol. The summed E-state index contributed by atoms with van der Waals surface area (Å²) < 4.78 is 5.44. The lowest BCUT2D eigenvalue weighted by Gasteiger charge is -2.34. The number of ether oxygens (including phenoxy) is 1. The lowest BCUT2D eigenvalue weighted by molar-refractivity contribution is 0.0166. The van der Waals surface area contributed by atoms with Crippen molar-refractivity contribution >= 4 is 6.09 Å². The average Bonchev–Trinajstić information content (AvgIpc) is 2.37. The van der Waals surface area contributed by atoms with Crippen LogP contribution in [-0.4, -0.2) is 34.8 Å². The van der Waals surface area contributed by atoms with E-state index in [0.29, 0.717) is 11.7 Å². The minimum atomic E-state index is -0.449. The SMILES string of the molecule is CC(C)(C)OC(=O)N1CCCC(Cc2cccc(O)c2)C1. The maximum Gasteiger partial charge on any atom is 0.410 e. The van der Waals surface area contributed by atoms with Crippen molar-refractivity contribution in [1.29, 1.82) is 0 Å². The summed E-state index contributed by atoms with van der Waals surface area (Å²) in [7, 11) is 0. The Kier molecular flexibility index (Phi) is 4.76. The number of hydrogen-bond donors (Lipinski definition) is 1. The number of phenols is 1. The van der Waals surface area contributed by atoms with Crippen molar-refractivity contribution in [3.63, 3.8) is 0 Å². The van der Waals surface area contributed by atoms with Crippen molar-refractivity contribution in [1.82, 2.24) is 4.90 Å². The molecule has 1 aliphatic rings. The molecular weight excluding hydrogens is 266 g/mol. The van der Waals surface area contributed by atoms with Crippen LogP contribution in [0.5, 0.6) is 5.75 Å². The molecule has 0 bridgehead atoms. The summed E-state index contributed by atoms with van der Waals surface area (Å²) in [6.45, 7) is 7.16. The highest BCUT2D eigenvalue weighted by Gasteiger charge is 2.27. The summed E-state index contributed by atoms with van der Waals surface area (Å²) in [5, 5.41) is 9.53. The van der Waals surface area contributed by atoms with Gasteiger partial charge in [-0.15, -0.1) is 0 Å². The number of carbonyl (C=O) groups is 1. The van der Waals surface area contributed by atoms with Gasteiger partial charge < -0.3 is 14.7 Å². The Balaban J connectivity index is 1.93. The second kappa shape index (κ2) is 6.37. The van der Waals surface area contributed by atoms with Crippen LogP contribution in [0.2, 0.25) is 0 Å². The largest absolute Gasteiger partial charge is 0.508 e. The van der Waals surface area contributed by atoms with Crippen LogP contribution in [0.25, 0.3) is 0 Å². The molecule has 1 atom stereocenters. The van der Waals surface area contributed by atoms with Crippen LogP contribution in [0, 0.1) is 5.92 Å². The van der Waals surface area contributed by atoms with E-state index in [-0.39, 0.29) is 6.09 Å². The first-order valence-electron chi connectivity index (χ1n) is 7.59. The summed E-state index contributed by atoms with van der Waals surface area (Å²) in [6.07, 6.45) is 2.77. The molecule has 1 aromatic rings. The highest BCUT2D eigenvalue weighted by atomic mass is 16.6. The first-order valence-corrected chi connectivity index (χ1v) is 7.59. The van der Waals surface area contributed by atoms with Crippen LogP contribution in [0.15, 0.2) is 24.3 Å². The van der Waals surface area contributed by atoms with Gasteiger partial charge in [-0.25, -0.2) is 4.79 Å². The molecule has 1 amide bonds. The minimum absolute atomic E-state index is 0.219. The van der Waals surface area contributed by atoms with Crippen molar-refractivity contribution in [2.24, 2.45) is 5.92 Å². The van der Waals surface area contributed by atoms with E-state index in [1.807, 2.05) is 37.8 Å². The second-order valence-electron chi connectivity index (χ2n) is 6.81. The Morgan fingerprint density at radius 2 is 2.19 bits per heavy atom. The Morgan fingerprint density at radius 1 is 1.43 bits per heavy atom. The number of phenolic OH excluding ortho intramolecular Hbond substituents is 1. The number of hydrogen-bond acceptors (Lipinski definition) is 3. The molecule has 0 aliphatic carbocycles. The van der Waals surface area contributed by atoms with Gasteiger partial charge in [0.15, 0.2) is 0 Å². The molecule has 116 valence electrons. The van der Waals surface area contributed by atoms with Crippen LogP contribution >= 0.6 is 0 Å². The van der Waals surface area contributed by atoms with Gasteiger partial charge in [-0.2, -0.15) is 0 Å². The Morgan fingerprint density at radius 3 is 2.86 bits per heavy atom. The van der Waals surface area contributed by atoms with Crippen LogP contribution in [0.1, 0.15) is 39.2 Å². The van der Waals surface area contributed by atoms with E-state index in [1.165, 1.54) is 0 Å². The van der Waals surface area contributed by atoms with Gasteiger partial charge in [-0.1, -0.05) is 12.1 Å². The van der Waals surface area contributed by atoms with E-state index < -0.39 is 5.60 Å². The van der Waals surface area contributed by atoms with E-state index >= 15 is 0 Å². The first kappa shape index (κ1) is 15.7. The van der Waals surface area contributed by atoms with Crippen LogP contribution in [-0.2, 0) is 11.2 Å². The van der Waals surface area contributed by atoms with Crippen LogP contribution in [0.3, 0.4) is 0 Å². The van der Waals surface area contributed by atoms with Crippen molar-refractivity contribution < 1.29 is 14.6 Å². The zero-order valence-electron chi connectivity index (χ0n) is 13.1. The van der Waals surface area contributed by atoms with Gasteiger partial charge in [0.05, 0.1) is 0 Å². The van der Waals surface area contributed by atoms with E-state index in [2.05, 4.69) is 0 Å². The molecule has 1 aromatic carbocycles. The number of likely N-dealkylation sites (tertiary alicyclic amines) is 1. The summed E-state index contributed by atoms with van der Waals surface area (Å²) in [5.74, 6) is 0.723. The number of carbonyl (C=O) groups excluding carboxylic acids is 1. The molecule has 0 aromatic heterocycles. The predicted molar refractivity (Wildman–Crippen MR) is 82.3 cm³/mol. The zero-order chi connectivity index (χ0) is 15.5. The fourth-order valence-corrected chi connectivity index (χ4v) is 2.74. The normalized spacial score (nSPS) is 19.4. The minimum Gasteiger partial charge on any atom is -0.508 e. The topological polar surface area (TPSA) is 49.8 Å². The second-order valence-corrected chi connectivity index (χ2v) is 6.81. The number of rotatable bonds is 2. The molecule has 0 radical (unpaired) electrons. The molecule has 0 saturated carbocycles. The van der Waals surface area contributed by atoms with Crippen molar-refractivity contribution in [2.75, 3.05) is 13.1 Å². The van der Waals surface area contributed by atoms with Gasteiger partial charge in [0.1, 0.15) is 11.4 Å². The third kappa shape index (κ3) is 4.96. The van der Waals surface area contributed by atoms with Gasteiger partial charge in [-0.3, -0.25) is 0 Å². The van der Waals surface area contributed by atoms with Crippen molar-refractivity contribution in [3.8, 4) is 5.75 Å². The number of amides is 1. The molecule has 2 rings (SSSR count). The number of benzene rings is 1. The third-order valence-electron chi connectivity index (χ3n) is 3.61.